The van der Waals surface area contributed by atoms with Crippen LogP contribution in [0.5, 0.6) is 0 Å². The molecule has 0 saturated carbocycles. The molecule has 0 amide bonds. The zero-order valence-corrected chi connectivity index (χ0v) is 26.1. The first kappa shape index (κ1) is 27.8. The Bertz CT molecular complexity index is 2610. The third kappa shape index (κ3) is 5.08. The van der Waals surface area contributed by atoms with Crippen molar-refractivity contribution in [2.24, 2.45) is 0 Å². The molecule has 0 radical (unpaired) electrons. The van der Waals surface area contributed by atoms with Gasteiger partial charge in [-0.15, -0.1) is 0 Å². The molecule has 0 spiro atoms. The fraction of sp³-hybridized carbons (Fsp3) is 0. The van der Waals surface area contributed by atoms with E-state index in [4.69, 9.17) is 15.0 Å². The number of rotatable bonds is 5. The van der Waals surface area contributed by atoms with E-state index in [2.05, 4.69) is 152 Å². The molecule has 1 aromatic heterocycles. The van der Waals surface area contributed by atoms with E-state index in [9.17, 15) is 0 Å². The van der Waals surface area contributed by atoms with E-state index >= 15 is 0 Å². The third-order valence-corrected chi connectivity index (χ3v) is 9.10. The molecule has 0 unspecified atom stereocenters. The van der Waals surface area contributed by atoms with E-state index in [1.807, 2.05) is 24.3 Å². The summed E-state index contributed by atoms with van der Waals surface area (Å²) < 4.78 is 0. The zero-order valence-electron chi connectivity index (χ0n) is 26.1. The largest absolute Gasteiger partial charge is 0.208 e. The highest BCUT2D eigenvalue weighted by molar-refractivity contribution is 6.01. The molecule has 3 nitrogen and oxygen atoms in total. The van der Waals surface area contributed by atoms with Crippen molar-refractivity contribution < 1.29 is 0 Å². The standard InChI is InChI=1S/C45H29N3/c1-3-11-30(12-4-1)35-25-26-40-36(28-35)18-10-20-41(40)45-47-43(33-14-5-2-6-15-33)46-44(48-45)38-24-22-32-17-9-19-39(42(32)29-38)37-23-21-31-13-7-8-16-34(31)27-37/h1-29H. The van der Waals surface area contributed by atoms with Crippen LogP contribution < -0.4 is 0 Å². The van der Waals surface area contributed by atoms with Crippen molar-refractivity contribution in [1.29, 1.82) is 0 Å². The summed E-state index contributed by atoms with van der Waals surface area (Å²) in [5.74, 6) is 1.95. The fourth-order valence-corrected chi connectivity index (χ4v) is 6.65. The van der Waals surface area contributed by atoms with Gasteiger partial charge in [0.05, 0.1) is 0 Å². The van der Waals surface area contributed by atoms with Crippen LogP contribution in [0.2, 0.25) is 0 Å². The van der Waals surface area contributed by atoms with E-state index in [0.717, 1.165) is 32.8 Å². The van der Waals surface area contributed by atoms with Crippen molar-refractivity contribution in [2.45, 2.75) is 0 Å². The van der Waals surface area contributed by atoms with Crippen LogP contribution in [-0.2, 0) is 0 Å². The Morgan fingerprint density at radius 2 is 0.812 bits per heavy atom. The molecule has 9 rings (SSSR count). The van der Waals surface area contributed by atoms with Crippen molar-refractivity contribution in [3.63, 3.8) is 0 Å². The first-order chi connectivity index (χ1) is 23.8. The third-order valence-electron chi connectivity index (χ3n) is 9.10. The lowest BCUT2D eigenvalue weighted by atomic mass is 9.95. The highest BCUT2D eigenvalue weighted by atomic mass is 15.0. The lowest BCUT2D eigenvalue weighted by molar-refractivity contribution is 1.08. The van der Waals surface area contributed by atoms with Gasteiger partial charge >= 0.3 is 0 Å². The zero-order chi connectivity index (χ0) is 31.9. The molecule has 0 aliphatic carbocycles. The van der Waals surface area contributed by atoms with E-state index in [-0.39, 0.29) is 0 Å². The Labute approximate surface area is 278 Å². The molecule has 1 heterocycles. The van der Waals surface area contributed by atoms with Crippen molar-refractivity contribution in [3.8, 4) is 56.4 Å². The van der Waals surface area contributed by atoms with Crippen LogP contribution in [-0.4, -0.2) is 15.0 Å². The Balaban J connectivity index is 1.21. The first-order valence-electron chi connectivity index (χ1n) is 16.2. The minimum atomic E-state index is 0.645. The van der Waals surface area contributed by atoms with Crippen LogP contribution in [0.15, 0.2) is 176 Å². The van der Waals surface area contributed by atoms with Gasteiger partial charge in [0, 0.05) is 16.7 Å². The molecule has 48 heavy (non-hydrogen) atoms. The second kappa shape index (κ2) is 11.7. The van der Waals surface area contributed by atoms with Gasteiger partial charge in [-0.2, -0.15) is 0 Å². The van der Waals surface area contributed by atoms with Crippen molar-refractivity contribution >= 4 is 32.3 Å². The first-order valence-corrected chi connectivity index (χ1v) is 16.2. The van der Waals surface area contributed by atoms with Crippen molar-refractivity contribution in [1.82, 2.24) is 15.0 Å². The van der Waals surface area contributed by atoms with E-state index in [1.54, 1.807) is 0 Å². The number of nitrogens with zero attached hydrogens (tertiary/aromatic N) is 3. The number of hydrogen-bond acceptors (Lipinski definition) is 3. The van der Waals surface area contributed by atoms with Gasteiger partial charge in [0.15, 0.2) is 17.5 Å². The summed E-state index contributed by atoms with van der Waals surface area (Å²) in [6, 6.07) is 61.8. The molecule has 8 aromatic carbocycles. The van der Waals surface area contributed by atoms with Crippen molar-refractivity contribution in [3.05, 3.63) is 176 Å². The van der Waals surface area contributed by atoms with Crippen LogP contribution in [0, 0.1) is 0 Å². The highest BCUT2D eigenvalue weighted by Crippen LogP contribution is 2.35. The number of benzene rings is 8. The van der Waals surface area contributed by atoms with E-state index in [0.29, 0.717) is 17.5 Å². The van der Waals surface area contributed by atoms with Gasteiger partial charge in [-0.05, 0) is 72.8 Å². The summed E-state index contributed by atoms with van der Waals surface area (Å²) >= 11 is 0. The van der Waals surface area contributed by atoms with Crippen molar-refractivity contribution in [2.75, 3.05) is 0 Å². The predicted octanol–water partition coefficient (Wildman–Crippen LogP) is 11.7. The van der Waals surface area contributed by atoms with Gasteiger partial charge in [-0.3, -0.25) is 0 Å². The smallest absolute Gasteiger partial charge is 0.164 e. The van der Waals surface area contributed by atoms with Gasteiger partial charge in [-0.25, -0.2) is 15.0 Å². The Hall–Kier alpha value is -6.45. The van der Waals surface area contributed by atoms with Crippen LogP contribution in [0.4, 0.5) is 0 Å². The molecule has 0 fully saturated rings. The monoisotopic (exact) mass is 611 g/mol. The molecular formula is C45H29N3. The SMILES string of the molecule is c1ccc(-c2ccc3c(-c4nc(-c5ccccc5)nc(-c5ccc6cccc(-c7ccc8ccccc8c7)c6c5)n4)cccc3c2)cc1. The summed E-state index contributed by atoms with van der Waals surface area (Å²) in [5.41, 5.74) is 7.61. The highest BCUT2D eigenvalue weighted by Gasteiger charge is 2.16. The van der Waals surface area contributed by atoms with Crippen LogP contribution >= 0.6 is 0 Å². The summed E-state index contributed by atoms with van der Waals surface area (Å²) in [5, 5.41) is 7.03. The quantitative estimate of drug-likeness (QED) is 0.194. The number of hydrogen-bond donors (Lipinski definition) is 0. The molecule has 0 saturated heterocycles. The van der Waals surface area contributed by atoms with Crippen LogP contribution in [0.1, 0.15) is 0 Å². The molecule has 0 aliphatic rings. The minimum absolute atomic E-state index is 0.645. The van der Waals surface area contributed by atoms with Gasteiger partial charge in [-0.1, -0.05) is 158 Å². The Morgan fingerprint density at radius 3 is 1.62 bits per heavy atom. The van der Waals surface area contributed by atoms with Gasteiger partial charge in [0.25, 0.3) is 0 Å². The average molecular weight is 612 g/mol. The Morgan fingerprint density at radius 1 is 0.250 bits per heavy atom. The maximum Gasteiger partial charge on any atom is 0.164 e. The molecule has 0 bridgehead atoms. The van der Waals surface area contributed by atoms with E-state index in [1.165, 1.54) is 38.4 Å². The lowest BCUT2D eigenvalue weighted by Gasteiger charge is -2.13. The topological polar surface area (TPSA) is 38.7 Å². The second-order valence-corrected chi connectivity index (χ2v) is 12.1. The van der Waals surface area contributed by atoms with Gasteiger partial charge in [0.1, 0.15) is 0 Å². The molecule has 0 atom stereocenters. The van der Waals surface area contributed by atoms with Crippen LogP contribution in [0.25, 0.3) is 88.7 Å². The van der Waals surface area contributed by atoms with E-state index < -0.39 is 0 Å². The maximum absolute atomic E-state index is 5.16. The second-order valence-electron chi connectivity index (χ2n) is 12.1. The van der Waals surface area contributed by atoms with Crippen LogP contribution in [0.3, 0.4) is 0 Å². The Kier molecular flexibility index (Phi) is 6.80. The summed E-state index contributed by atoms with van der Waals surface area (Å²) in [4.78, 5) is 15.3. The normalized spacial score (nSPS) is 11.3. The van der Waals surface area contributed by atoms with Gasteiger partial charge < -0.3 is 0 Å². The van der Waals surface area contributed by atoms with Gasteiger partial charge in [0.2, 0.25) is 0 Å². The molecule has 0 aliphatic heterocycles. The summed E-state index contributed by atoms with van der Waals surface area (Å²) in [7, 11) is 0. The molecular weight excluding hydrogens is 583 g/mol. The number of aromatic nitrogens is 3. The lowest BCUT2D eigenvalue weighted by Crippen LogP contribution is -2.00. The minimum Gasteiger partial charge on any atom is -0.208 e. The molecule has 224 valence electrons. The maximum atomic E-state index is 5.16. The summed E-state index contributed by atoms with van der Waals surface area (Å²) in [6.45, 7) is 0. The summed E-state index contributed by atoms with van der Waals surface area (Å²) in [6.07, 6.45) is 0. The molecule has 9 aromatic rings. The predicted molar refractivity (Wildman–Crippen MR) is 200 cm³/mol. The molecule has 3 heteroatoms. The molecule has 0 N–H and O–H groups in total. The number of fused-ring (bicyclic) bond motifs is 3. The fourth-order valence-electron chi connectivity index (χ4n) is 6.65. The average Bonchev–Trinajstić information content (AvgIpc) is 3.17.